The molecule has 21 heavy (non-hydrogen) atoms. The summed E-state index contributed by atoms with van der Waals surface area (Å²) in [6.45, 7) is 0. The van der Waals surface area contributed by atoms with E-state index in [1.54, 1.807) is 7.05 Å². The number of nitrogens with one attached hydrogen (secondary N) is 2. The fraction of sp³-hybridized carbons (Fsp3) is 0.500. The van der Waals surface area contributed by atoms with Gasteiger partial charge in [0.2, 0.25) is 11.8 Å². The Hall–Kier alpha value is -1.88. The van der Waals surface area contributed by atoms with Gasteiger partial charge in [0.15, 0.2) is 0 Å². The van der Waals surface area contributed by atoms with Crippen molar-refractivity contribution in [3.8, 4) is 0 Å². The maximum atomic E-state index is 12.3. The normalized spacial score (nSPS) is 22.6. The van der Waals surface area contributed by atoms with Gasteiger partial charge in [0.05, 0.1) is 12.5 Å². The summed E-state index contributed by atoms with van der Waals surface area (Å²) in [5.41, 5.74) is 6.80. The second-order valence-corrected chi connectivity index (χ2v) is 5.62. The molecule has 0 radical (unpaired) electrons. The van der Waals surface area contributed by atoms with Crippen LogP contribution in [0.4, 0.5) is 0 Å². The molecule has 1 fully saturated rings. The molecular weight excluding hydrogens is 266 g/mol. The van der Waals surface area contributed by atoms with Gasteiger partial charge in [0, 0.05) is 19.0 Å². The Bertz CT molecular complexity index is 490. The van der Waals surface area contributed by atoms with E-state index in [0.717, 1.165) is 24.8 Å². The number of benzene rings is 1. The fourth-order valence-electron chi connectivity index (χ4n) is 2.77. The van der Waals surface area contributed by atoms with Crippen LogP contribution in [-0.4, -0.2) is 24.9 Å². The molecule has 5 heteroatoms. The summed E-state index contributed by atoms with van der Waals surface area (Å²) in [6, 6.07) is 9.40. The minimum absolute atomic E-state index is 0.000654. The highest BCUT2D eigenvalue weighted by Crippen LogP contribution is 2.26. The molecule has 4 N–H and O–H groups in total. The highest BCUT2D eigenvalue weighted by Gasteiger charge is 2.29. The first-order valence-corrected chi connectivity index (χ1v) is 7.41. The van der Waals surface area contributed by atoms with Gasteiger partial charge in [0.25, 0.3) is 0 Å². The van der Waals surface area contributed by atoms with Crippen molar-refractivity contribution < 1.29 is 9.59 Å². The topological polar surface area (TPSA) is 84.2 Å². The Morgan fingerprint density at radius 2 is 2.00 bits per heavy atom. The number of carbonyl (C=O) groups excluding carboxylic acids is 2. The molecule has 5 nitrogen and oxygen atoms in total. The lowest BCUT2D eigenvalue weighted by Gasteiger charge is -2.21. The zero-order chi connectivity index (χ0) is 15.2. The molecule has 1 saturated carbocycles. The number of rotatable bonds is 5. The minimum Gasteiger partial charge on any atom is -0.359 e. The van der Waals surface area contributed by atoms with Gasteiger partial charge in [-0.05, 0) is 24.8 Å². The van der Waals surface area contributed by atoms with Crippen LogP contribution in [0.5, 0.6) is 0 Å². The SMILES string of the molecule is CNC(=O)CC(NC(=O)C1CCC(N)C1)c1ccccc1. The summed E-state index contributed by atoms with van der Waals surface area (Å²) in [4.78, 5) is 24.0. The van der Waals surface area contributed by atoms with Crippen molar-refractivity contribution in [1.29, 1.82) is 0 Å². The van der Waals surface area contributed by atoms with Gasteiger partial charge in [-0.3, -0.25) is 9.59 Å². The minimum atomic E-state index is -0.296. The van der Waals surface area contributed by atoms with Crippen LogP contribution in [0.2, 0.25) is 0 Å². The third kappa shape index (κ3) is 4.29. The molecule has 1 aromatic carbocycles. The summed E-state index contributed by atoms with van der Waals surface area (Å²) in [5.74, 6) is -0.121. The Balaban J connectivity index is 2.05. The van der Waals surface area contributed by atoms with E-state index in [-0.39, 0.29) is 36.2 Å². The number of hydrogen-bond donors (Lipinski definition) is 3. The Kier molecular flexibility index (Phi) is 5.33. The summed E-state index contributed by atoms with van der Waals surface area (Å²) in [5, 5.41) is 5.61. The van der Waals surface area contributed by atoms with E-state index in [2.05, 4.69) is 10.6 Å². The van der Waals surface area contributed by atoms with Crippen molar-refractivity contribution in [2.24, 2.45) is 11.7 Å². The second kappa shape index (κ2) is 7.22. The molecule has 1 aromatic rings. The Labute approximate surface area is 125 Å². The molecule has 3 atom stereocenters. The van der Waals surface area contributed by atoms with Crippen LogP contribution in [0.3, 0.4) is 0 Å². The van der Waals surface area contributed by atoms with Gasteiger partial charge in [-0.2, -0.15) is 0 Å². The van der Waals surface area contributed by atoms with Crippen molar-refractivity contribution >= 4 is 11.8 Å². The first-order valence-electron chi connectivity index (χ1n) is 7.41. The molecule has 114 valence electrons. The molecule has 2 rings (SSSR count). The molecule has 0 heterocycles. The lowest BCUT2D eigenvalue weighted by atomic mass is 10.0. The van der Waals surface area contributed by atoms with Crippen molar-refractivity contribution in [3.05, 3.63) is 35.9 Å². The maximum Gasteiger partial charge on any atom is 0.223 e. The fourth-order valence-corrected chi connectivity index (χ4v) is 2.77. The molecule has 0 aromatic heterocycles. The lowest BCUT2D eigenvalue weighted by Crippen LogP contribution is -2.36. The first-order chi connectivity index (χ1) is 10.1. The van der Waals surface area contributed by atoms with Crippen LogP contribution in [0, 0.1) is 5.92 Å². The van der Waals surface area contributed by atoms with Crippen molar-refractivity contribution in [2.45, 2.75) is 37.8 Å². The predicted octanol–water partition coefficient (Wildman–Crippen LogP) is 1.11. The van der Waals surface area contributed by atoms with Crippen molar-refractivity contribution in [2.75, 3.05) is 7.05 Å². The van der Waals surface area contributed by atoms with Crippen LogP contribution in [-0.2, 0) is 9.59 Å². The smallest absolute Gasteiger partial charge is 0.223 e. The Morgan fingerprint density at radius 1 is 1.29 bits per heavy atom. The number of amides is 2. The summed E-state index contributed by atoms with van der Waals surface area (Å²) in [7, 11) is 1.60. The molecule has 0 saturated heterocycles. The van der Waals surface area contributed by atoms with Crippen molar-refractivity contribution in [3.63, 3.8) is 0 Å². The van der Waals surface area contributed by atoms with Crippen LogP contribution in [0.25, 0.3) is 0 Å². The summed E-state index contributed by atoms with van der Waals surface area (Å²) >= 11 is 0. The van der Waals surface area contributed by atoms with E-state index in [9.17, 15) is 9.59 Å². The van der Waals surface area contributed by atoms with E-state index in [1.807, 2.05) is 30.3 Å². The van der Waals surface area contributed by atoms with Gasteiger partial charge in [-0.25, -0.2) is 0 Å². The van der Waals surface area contributed by atoms with E-state index >= 15 is 0 Å². The predicted molar refractivity (Wildman–Crippen MR) is 81.3 cm³/mol. The van der Waals surface area contributed by atoms with Crippen LogP contribution in [0.15, 0.2) is 30.3 Å². The quantitative estimate of drug-likeness (QED) is 0.759. The maximum absolute atomic E-state index is 12.3. The zero-order valence-electron chi connectivity index (χ0n) is 12.3. The number of nitrogens with two attached hydrogens (primary N) is 1. The van der Waals surface area contributed by atoms with E-state index < -0.39 is 0 Å². The van der Waals surface area contributed by atoms with Crippen LogP contribution >= 0.6 is 0 Å². The first kappa shape index (κ1) is 15.5. The highest BCUT2D eigenvalue weighted by molar-refractivity contribution is 5.81. The van der Waals surface area contributed by atoms with E-state index in [4.69, 9.17) is 5.73 Å². The standard InChI is InChI=1S/C16H23N3O2/c1-18-15(20)10-14(11-5-3-2-4-6-11)19-16(21)12-7-8-13(17)9-12/h2-6,12-14H,7-10,17H2,1H3,(H,18,20)(H,19,21). The molecule has 3 unspecified atom stereocenters. The highest BCUT2D eigenvalue weighted by atomic mass is 16.2. The average Bonchev–Trinajstić information content (AvgIpc) is 2.94. The largest absolute Gasteiger partial charge is 0.359 e. The third-order valence-electron chi connectivity index (χ3n) is 4.03. The molecule has 0 aliphatic heterocycles. The molecule has 1 aliphatic rings. The van der Waals surface area contributed by atoms with Gasteiger partial charge in [0.1, 0.15) is 0 Å². The average molecular weight is 289 g/mol. The van der Waals surface area contributed by atoms with Crippen LogP contribution < -0.4 is 16.4 Å². The van der Waals surface area contributed by atoms with Crippen LogP contribution in [0.1, 0.15) is 37.3 Å². The summed E-state index contributed by atoms with van der Waals surface area (Å²) < 4.78 is 0. The van der Waals surface area contributed by atoms with Crippen molar-refractivity contribution in [1.82, 2.24) is 10.6 Å². The van der Waals surface area contributed by atoms with Gasteiger partial charge < -0.3 is 16.4 Å². The van der Waals surface area contributed by atoms with E-state index in [1.165, 1.54) is 0 Å². The van der Waals surface area contributed by atoms with Gasteiger partial charge in [-0.1, -0.05) is 30.3 Å². The van der Waals surface area contributed by atoms with Gasteiger partial charge >= 0.3 is 0 Å². The molecular formula is C16H23N3O2. The van der Waals surface area contributed by atoms with Gasteiger partial charge in [-0.15, -0.1) is 0 Å². The molecule has 2 amide bonds. The Morgan fingerprint density at radius 3 is 2.57 bits per heavy atom. The molecule has 0 bridgehead atoms. The second-order valence-electron chi connectivity index (χ2n) is 5.62. The number of carbonyl (C=O) groups is 2. The zero-order valence-corrected chi connectivity index (χ0v) is 12.3. The monoisotopic (exact) mass is 289 g/mol. The molecule has 1 aliphatic carbocycles. The summed E-state index contributed by atoms with van der Waals surface area (Å²) in [6.07, 6.45) is 2.69. The molecule has 0 spiro atoms. The number of hydrogen-bond acceptors (Lipinski definition) is 3. The lowest BCUT2D eigenvalue weighted by molar-refractivity contribution is -0.126. The third-order valence-corrected chi connectivity index (χ3v) is 4.03. The van der Waals surface area contributed by atoms with E-state index in [0.29, 0.717) is 0 Å².